The lowest BCUT2D eigenvalue weighted by Gasteiger charge is -2.57. The molecule has 3 N–H and O–H groups in total. The van der Waals surface area contributed by atoms with E-state index in [1.54, 1.807) is 6.08 Å². The molecular formula is C90H152O10. The minimum atomic E-state index is -0.607. The zero-order valence-corrected chi connectivity index (χ0v) is 61.8. The first-order chi connectivity index (χ1) is 45.9. The number of carbonyl (C=O) groups excluding carboxylic acids is 3. The standard InChI is InChI=1S/C22H36O3.C22H34O3.C22H34O2.C20H32O2.4CH4/c2*1-21-10-9-17-16-6-4-15(23)13-14(16)3-5-18(17)19(21)7-8-20(21)22(2)24-11-12-25-22;1-4-22(24)12-10-16-15(13-22)5-6-18-17(16)9-11-21(3)19(14(2)23)7-8-20(18)21;1-12(21)18-7-8-19-17-5-3-13-11-14(22)4-6-15(13)16(17)9-10-20(18,19)2;;;;/h14-20,23H,3-13H2,1-2H3;14,16-20H,3-13H2,1-2H3;4,15-20,24H,1,5-13H2,2-3H3;13-19,22H,3-11H2,1-2H3;4*1H4/t14?,15?,16-,17?,18?,19?,20-,21-;14?,16-,17?,18?,19?,20-,21-;15?,16-,17?,18?,19+,20?,21+,22+;13?,14?,15-,16?,17?,18+,19?,20+;;;;/m0000..../s1. The Kier molecular flexibility index (Phi) is 24.2. The van der Waals surface area contributed by atoms with E-state index in [-0.39, 0.29) is 58.9 Å². The van der Waals surface area contributed by atoms with E-state index in [1.165, 1.54) is 167 Å². The Morgan fingerprint density at radius 2 is 0.720 bits per heavy atom. The lowest BCUT2D eigenvalue weighted by molar-refractivity contribution is -0.215. The largest absolute Gasteiger partial charge is 0.393 e. The molecule has 31 atom stereocenters. The quantitative estimate of drug-likeness (QED) is 0.227. The van der Waals surface area contributed by atoms with Crippen molar-refractivity contribution in [2.45, 2.75) is 346 Å². The first-order valence-electron chi connectivity index (χ1n) is 41.7. The number of ether oxygens (including phenoxy) is 4. The van der Waals surface area contributed by atoms with Gasteiger partial charge in [-0.1, -0.05) is 63.5 Å². The maximum absolute atomic E-state index is 12.2. The van der Waals surface area contributed by atoms with Crippen molar-refractivity contribution in [1.82, 2.24) is 0 Å². The first kappa shape index (κ1) is 79.5. The number of aliphatic hydroxyl groups excluding tert-OH is 2. The average Bonchev–Trinajstić information content (AvgIpc) is 1.52. The molecule has 0 spiro atoms. The summed E-state index contributed by atoms with van der Waals surface area (Å²) in [6, 6.07) is 0. The summed E-state index contributed by atoms with van der Waals surface area (Å²) in [5.74, 6) is 19.3. The molecular weight excluding hydrogens is 1240 g/mol. The lowest BCUT2D eigenvalue weighted by atomic mass is 9.49. The minimum absolute atomic E-state index is 0. The second kappa shape index (κ2) is 30.5. The smallest absolute Gasteiger partial charge is 0.169 e. The van der Waals surface area contributed by atoms with E-state index in [4.69, 9.17) is 18.9 Å². The molecule has 0 amide bonds. The van der Waals surface area contributed by atoms with Gasteiger partial charge in [0.25, 0.3) is 0 Å². The van der Waals surface area contributed by atoms with Crippen LogP contribution < -0.4 is 0 Å². The Bertz CT molecular complexity index is 2800. The second-order valence-electron chi connectivity index (χ2n) is 39.4. The molecule has 0 radical (unpaired) electrons. The first-order valence-corrected chi connectivity index (χ1v) is 41.7. The predicted octanol–water partition coefficient (Wildman–Crippen LogP) is 20.5. The molecule has 10 heteroatoms. The molecule has 18 unspecified atom stereocenters. The van der Waals surface area contributed by atoms with Crippen LogP contribution in [0.3, 0.4) is 0 Å². The van der Waals surface area contributed by atoms with Crippen LogP contribution in [0.5, 0.6) is 0 Å². The molecule has 16 aliphatic carbocycles. The van der Waals surface area contributed by atoms with Crippen LogP contribution in [0, 0.1) is 164 Å². The second-order valence-corrected chi connectivity index (χ2v) is 39.4. The van der Waals surface area contributed by atoms with Gasteiger partial charge in [-0.05, 0) is 386 Å². The summed E-state index contributed by atoms with van der Waals surface area (Å²) in [5.41, 5.74) is 0.757. The van der Waals surface area contributed by atoms with Gasteiger partial charge >= 0.3 is 0 Å². The Hall–Kier alpha value is -1.53. The van der Waals surface area contributed by atoms with Gasteiger partial charge in [0.05, 0.1) is 44.2 Å². The van der Waals surface area contributed by atoms with Gasteiger partial charge in [0.1, 0.15) is 17.3 Å². The topological polar surface area (TPSA) is 149 Å². The molecule has 16 saturated carbocycles. The summed E-state index contributed by atoms with van der Waals surface area (Å²) >= 11 is 0. The molecule has 0 aromatic rings. The third-order valence-corrected chi connectivity index (χ3v) is 36.0. The third-order valence-electron chi connectivity index (χ3n) is 36.0. The molecule has 572 valence electrons. The fourth-order valence-corrected chi connectivity index (χ4v) is 31.9. The highest BCUT2D eigenvalue weighted by Crippen LogP contribution is 2.71. The maximum atomic E-state index is 12.2. The van der Waals surface area contributed by atoms with E-state index in [0.717, 1.165) is 197 Å². The van der Waals surface area contributed by atoms with Crippen LogP contribution in [-0.2, 0) is 33.3 Å². The third kappa shape index (κ3) is 13.7. The summed E-state index contributed by atoms with van der Waals surface area (Å²) in [5, 5.41) is 30.7. The molecule has 0 aromatic heterocycles. The Labute approximate surface area is 611 Å². The molecule has 2 saturated heterocycles. The Morgan fingerprint density at radius 3 is 1.12 bits per heavy atom. The highest BCUT2D eigenvalue weighted by atomic mass is 16.7. The predicted molar refractivity (Wildman–Crippen MR) is 403 cm³/mol. The maximum Gasteiger partial charge on any atom is 0.169 e. The van der Waals surface area contributed by atoms with Gasteiger partial charge in [-0.3, -0.25) is 14.4 Å². The van der Waals surface area contributed by atoms with Crippen molar-refractivity contribution in [2.75, 3.05) is 26.4 Å². The molecule has 0 aromatic carbocycles. The van der Waals surface area contributed by atoms with E-state index in [1.807, 2.05) is 13.8 Å². The summed E-state index contributed by atoms with van der Waals surface area (Å²) in [4.78, 5) is 36.2. The van der Waals surface area contributed by atoms with E-state index >= 15 is 0 Å². The summed E-state index contributed by atoms with van der Waals surface area (Å²) in [6.07, 6.45) is 46.0. The van der Waals surface area contributed by atoms with Crippen molar-refractivity contribution in [3.05, 3.63) is 12.7 Å². The highest BCUT2D eigenvalue weighted by molar-refractivity contribution is 5.80. The summed E-state index contributed by atoms with van der Waals surface area (Å²) in [6.45, 7) is 25.0. The van der Waals surface area contributed by atoms with Crippen LogP contribution >= 0.6 is 0 Å². The van der Waals surface area contributed by atoms with Crippen molar-refractivity contribution in [3.8, 4) is 0 Å². The van der Waals surface area contributed by atoms with Gasteiger partial charge in [0.15, 0.2) is 11.6 Å². The van der Waals surface area contributed by atoms with Crippen LogP contribution in [0.2, 0.25) is 0 Å². The number of carbonyl (C=O) groups is 3. The zero-order valence-electron chi connectivity index (χ0n) is 61.8. The molecule has 100 heavy (non-hydrogen) atoms. The average molecular weight is 1390 g/mol. The van der Waals surface area contributed by atoms with Crippen LogP contribution in [0.1, 0.15) is 316 Å². The lowest BCUT2D eigenvalue weighted by Crippen LogP contribution is -2.52. The molecule has 18 aliphatic rings. The highest BCUT2D eigenvalue weighted by Gasteiger charge is 2.66. The van der Waals surface area contributed by atoms with Gasteiger partial charge in [-0.2, -0.15) is 0 Å². The normalized spacial score (nSPS) is 51.4. The number of Topliss-reactive ketones (excluding diaryl/α,β-unsaturated/α-hetero) is 3. The number of fused-ring (bicyclic) bond motifs is 20. The minimum Gasteiger partial charge on any atom is -0.393 e. The van der Waals surface area contributed by atoms with Gasteiger partial charge in [-0.25, -0.2) is 0 Å². The zero-order chi connectivity index (χ0) is 67.1. The summed E-state index contributed by atoms with van der Waals surface area (Å²) < 4.78 is 24.5. The van der Waals surface area contributed by atoms with Gasteiger partial charge in [0, 0.05) is 36.5 Å². The van der Waals surface area contributed by atoms with E-state index < -0.39 is 5.60 Å². The van der Waals surface area contributed by atoms with Crippen LogP contribution in [0.15, 0.2) is 12.7 Å². The Morgan fingerprint density at radius 1 is 0.390 bits per heavy atom. The summed E-state index contributed by atoms with van der Waals surface area (Å²) in [7, 11) is 0. The number of rotatable bonds is 5. The van der Waals surface area contributed by atoms with Crippen molar-refractivity contribution in [2.24, 2.45) is 164 Å². The van der Waals surface area contributed by atoms with Crippen molar-refractivity contribution in [1.29, 1.82) is 0 Å². The number of hydrogen-bond donors (Lipinski definition) is 3. The van der Waals surface area contributed by atoms with Crippen molar-refractivity contribution < 1.29 is 48.7 Å². The van der Waals surface area contributed by atoms with Crippen LogP contribution in [0.25, 0.3) is 0 Å². The molecule has 18 rings (SSSR count). The van der Waals surface area contributed by atoms with Crippen LogP contribution in [-0.4, -0.2) is 88.5 Å². The van der Waals surface area contributed by atoms with E-state index in [2.05, 4.69) is 48.1 Å². The van der Waals surface area contributed by atoms with E-state index in [0.29, 0.717) is 69.1 Å². The monoisotopic (exact) mass is 1390 g/mol. The van der Waals surface area contributed by atoms with Crippen molar-refractivity contribution >= 4 is 17.3 Å². The fraction of sp³-hybridized carbons (Fsp3) is 0.944. The van der Waals surface area contributed by atoms with Gasteiger partial charge in [-0.15, -0.1) is 6.58 Å². The van der Waals surface area contributed by atoms with Crippen LogP contribution in [0.4, 0.5) is 0 Å². The molecule has 0 bridgehead atoms. The van der Waals surface area contributed by atoms with Gasteiger partial charge < -0.3 is 34.3 Å². The molecule has 2 heterocycles. The van der Waals surface area contributed by atoms with Crippen molar-refractivity contribution in [3.63, 3.8) is 0 Å². The van der Waals surface area contributed by atoms with Gasteiger partial charge in [0.2, 0.25) is 0 Å². The molecule has 18 fully saturated rings. The fourth-order valence-electron chi connectivity index (χ4n) is 31.9. The molecule has 2 aliphatic heterocycles. The number of aliphatic hydroxyl groups is 3. The molecule has 10 nitrogen and oxygen atoms in total. The Balaban J connectivity index is 0.000000133. The number of hydrogen-bond acceptors (Lipinski definition) is 10. The number of ketones is 3. The SMILES string of the molecule is C.C.C.C.C=C[C@@]1(O)CC[C@H]2C(CCC3C2CC[C@@]2(C)C3CC[C@@H]2C(C)=O)C1.CC(=O)[C@H]1CCC2C3CCC4CC(O)CC[C@@H]4C3CC[C@@]21C.CC1([C@H]2CCC3C4CCC5CC(=O)CC[C@@H]5C4CC[C@@]32C)OCCO1.CC1([C@H]2CCC3C4CCC5CC(O)CC[C@@H]5C4CC[C@@]32C)OCCO1. The van der Waals surface area contributed by atoms with E-state index in [9.17, 15) is 29.7 Å².